The fourth-order valence-corrected chi connectivity index (χ4v) is 1.68. The zero-order valence-corrected chi connectivity index (χ0v) is 10.7. The first-order valence-corrected chi connectivity index (χ1v) is 6.61. The summed E-state index contributed by atoms with van der Waals surface area (Å²) < 4.78 is 0. The average molecular weight is 226 g/mol. The number of carboxylic acid groups (broad SMARTS) is 1. The van der Waals surface area contributed by atoms with Gasteiger partial charge in [-0.3, -0.25) is 4.79 Å². The molecule has 1 unspecified atom stereocenters. The second kappa shape index (κ2) is 10.7. The van der Waals surface area contributed by atoms with E-state index in [9.17, 15) is 4.79 Å². The number of rotatable bonds is 10. The van der Waals surface area contributed by atoms with E-state index in [1.807, 2.05) is 12.2 Å². The smallest absolute Gasteiger partial charge is 0.310 e. The monoisotopic (exact) mass is 226 g/mol. The fraction of sp³-hybridized carbons (Fsp3) is 0.786. The highest BCUT2D eigenvalue weighted by atomic mass is 16.4. The van der Waals surface area contributed by atoms with Crippen LogP contribution in [-0.4, -0.2) is 11.1 Å². The van der Waals surface area contributed by atoms with Crippen LogP contribution in [0, 0.1) is 5.92 Å². The molecule has 1 N–H and O–H groups in total. The first-order valence-electron chi connectivity index (χ1n) is 6.61. The molecule has 0 aromatic heterocycles. The Morgan fingerprint density at radius 2 is 1.81 bits per heavy atom. The summed E-state index contributed by atoms with van der Waals surface area (Å²) in [6.45, 7) is 4.31. The van der Waals surface area contributed by atoms with Crippen LogP contribution in [-0.2, 0) is 4.79 Å². The van der Waals surface area contributed by atoms with E-state index in [1.165, 1.54) is 19.3 Å². The van der Waals surface area contributed by atoms with Crippen LogP contribution in [0.25, 0.3) is 0 Å². The van der Waals surface area contributed by atoms with Crippen LogP contribution in [0.4, 0.5) is 0 Å². The molecule has 0 aliphatic rings. The summed E-state index contributed by atoms with van der Waals surface area (Å²) in [5, 5.41) is 9.04. The first kappa shape index (κ1) is 15.2. The van der Waals surface area contributed by atoms with Crippen molar-refractivity contribution in [3.05, 3.63) is 12.2 Å². The SMILES string of the molecule is CCCC/C=C/C(CCCCCC)C(=O)O. The van der Waals surface area contributed by atoms with E-state index in [4.69, 9.17) is 5.11 Å². The molecule has 1 atom stereocenters. The molecular weight excluding hydrogens is 200 g/mol. The van der Waals surface area contributed by atoms with Crippen molar-refractivity contribution in [2.45, 2.75) is 65.2 Å². The maximum absolute atomic E-state index is 11.0. The number of carbonyl (C=O) groups is 1. The van der Waals surface area contributed by atoms with Crippen LogP contribution < -0.4 is 0 Å². The number of hydrogen-bond donors (Lipinski definition) is 1. The van der Waals surface area contributed by atoms with Gasteiger partial charge in [0.2, 0.25) is 0 Å². The lowest BCUT2D eigenvalue weighted by Gasteiger charge is -2.06. The molecule has 2 nitrogen and oxygen atoms in total. The Labute approximate surface area is 99.7 Å². The maximum Gasteiger partial charge on any atom is 0.310 e. The highest BCUT2D eigenvalue weighted by Crippen LogP contribution is 2.13. The second-order valence-electron chi connectivity index (χ2n) is 4.36. The highest BCUT2D eigenvalue weighted by molar-refractivity contribution is 5.72. The predicted octanol–water partition coefficient (Wildman–Crippen LogP) is 4.40. The van der Waals surface area contributed by atoms with Gasteiger partial charge < -0.3 is 5.11 Å². The minimum atomic E-state index is -0.677. The lowest BCUT2D eigenvalue weighted by molar-refractivity contribution is -0.140. The van der Waals surface area contributed by atoms with E-state index in [1.54, 1.807) is 0 Å². The quantitative estimate of drug-likeness (QED) is 0.442. The van der Waals surface area contributed by atoms with Crippen molar-refractivity contribution in [1.29, 1.82) is 0 Å². The number of hydrogen-bond acceptors (Lipinski definition) is 1. The van der Waals surface area contributed by atoms with Crippen molar-refractivity contribution >= 4 is 5.97 Å². The summed E-state index contributed by atoms with van der Waals surface area (Å²) in [6.07, 6.45) is 12.6. The maximum atomic E-state index is 11.0. The zero-order chi connectivity index (χ0) is 12.2. The molecular formula is C14H26O2. The Kier molecular flexibility index (Phi) is 10.2. The van der Waals surface area contributed by atoms with Crippen LogP contribution in [0.15, 0.2) is 12.2 Å². The van der Waals surface area contributed by atoms with Gasteiger partial charge in [0.15, 0.2) is 0 Å². The number of allylic oxidation sites excluding steroid dienone is 1. The molecule has 2 heteroatoms. The minimum absolute atomic E-state index is 0.270. The Hall–Kier alpha value is -0.790. The highest BCUT2D eigenvalue weighted by Gasteiger charge is 2.12. The van der Waals surface area contributed by atoms with Crippen LogP contribution in [0.5, 0.6) is 0 Å². The van der Waals surface area contributed by atoms with Crippen molar-refractivity contribution in [3.8, 4) is 0 Å². The van der Waals surface area contributed by atoms with E-state index in [0.29, 0.717) is 0 Å². The molecule has 0 aliphatic carbocycles. The van der Waals surface area contributed by atoms with Crippen molar-refractivity contribution in [1.82, 2.24) is 0 Å². The van der Waals surface area contributed by atoms with Crippen LogP contribution in [0.1, 0.15) is 65.2 Å². The van der Waals surface area contributed by atoms with E-state index in [2.05, 4.69) is 13.8 Å². The largest absolute Gasteiger partial charge is 0.481 e. The summed E-state index contributed by atoms with van der Waals surface area (Å²) in [5.41, 5.74) is 0. The molecule has 16 heavy (non-hydrogen) atoms. The lowest BCUT2D eigenvalue weighted by atomic mass is 10.00. The third-order valence-electron chi connectivity index (χ3n) is 2.78. The number of aliphatic carboxylic acids is 1. The minimum Gasteiger partial charge on any atom is -0.481 e. The Balaban J connectivity index is 3.79. The molecule has 0 aliphatic heterocycles. The molecule has 0 rings (SSSR count). The van der Waals surface area contributed by atoms with E-state index in [0.717, 1.165) is 32.1 Å². The molecule has 0 radical (unpaired) electrons. The second-order valence-corrected chi connectivity index (χ2v) is 4.36. The summed E-state index contributed by atoms with van der Waals surface area (Å²) in [6, 6.07) is 0. The number of unbranched alkanes of at least 4 members (excludes halogenated alkanes) is 5. The molecule has 0 aromatic rings. The summed E-state index contributed by atoms with van der Waals surface area (Å²) >= 11 is 0. The molecule has 0 aromatic carbocycles. The van der Waals surface area contributed by atoms with Crippen molar-refractivity contribution in [2.24, 2.45) is 5.92 Å². The summed E-state index contributed by atoms with van der Waals surface area (Å²) in [5.74, 6) is -0.946. The first-order chi connectivity index (χ1) is 7.72. The van der Waals surface area contributed by atoms with Gasteiger partial charge in [-0.2, -0.15) is 0 Å². The van der Waals surface area contributed by atoms with Gasteiger partial charge in [0, 0.05) is 0 Å². The molecule has 0 heterocycles. The van der Waals surface area contributed by atoms with Crippen LogP contribution >= 0.6 is 0 Å². The Morgan fingerprint density at radius 3 is 2.38 bits per heavy atom. The van der Waals surface area contributed by atoms with Gasteiger partial charge in [-0.25, -0.2) is 0 Å². The van der Waals surface area contributed by atoms with Gasteiger partial charge >= 0.3 is 5.97 Å². The molecule has 0 spiro atoms. The molecule has 0 saturated carbocycles. The lowest BCUT2D eigenvalue weighted by Crippen LogP contribution is -2.10. The van der Waals surface area contributed by atoms with E-state index >= 15 is 0 Å². The van der Waals surface area contributed by atoms with Gasteiger partial charge in [0.25, 0.3) is 0 Å². The van der Waals surface area contributed by atoms with Gasteiger partial charge in [0.05, 0.1) is 5.92 Å². The Morgan fingerprint density at radius 1 is 1.12 bits per heavy atom. The van der Waals surface area contributed by atoms with Crippen molar-refractivity contribution in [3.63, 3.8) is 0 Å². The number of carboxylic acids is 1. The standard InChI is InChI=1S/C14H26O2/c1-3-5-7-9-11-13(14(15)16)12-10-8-6-4-2/h9,11,13H,3-8,10,12H2,1-2H3,(H,15,16)/b11-9+. The van der Waals surface area contributed by atoms with Crippen LogP contribution in [0.3, 0.4) is 0 Å². The molecule has 0 fully saturated rings. The zero-order valence-electron chi connectivity index (χ0n) is 10.7. The van der Waals surface area contributed by atoms with Gasteiger partial charge in [0.1, 0.15) is 0 Å². The Bertz CT molecular complexity index is 197. The molecule has 0 saturated heterocycles. The van der Waals surface area contributed by atoms with Gasteiger partial charge in [-0.05, 0) is 12.8 Å². The third kappa shape index (κ3) is 8.51. The van der Waals surface area contributed by atoms with E-state index in [-0.39, 0.29) is 5.92 Å². The van der Waals surface area contributed by atoms with Gasteiger partial charge in [-0.15, -0.1) is 0 Å². The topological polar surface area (TPSA) is 37.3 Å². The summed E-state index contributed by atoms with van der Waals surface area (Å²) in [4.78, 5) is 11.0. The van der Waals surface area contributed by atoms with E-state index < -0.39 is 5.97 Å². The van der Waals surface area contributed by atoms with Crippen LogP contribution in [0.2, 0.25) is 0 Å². The molecule has 0 bridgehead atoms. The summed E-state index contributed by atoms with van der Waals surface area (Å²) in [7, 11) is 0. The molecule has 94 valence electrons. The van der Waals surface area contributed by atoms with Crippen molar-refractivity contribution < 1.29 is 9.90 Å². The fourth-order valence-electron chi connectivity index (χ4n) is 1.68. The molecule has 0 amide bonds. The average Bonchev–Trinajstić information content (AvgIpc) is 2.26. The normalized spacial score (nSPS) is 13.1. The van der Waals surface area contributed by atoms with Gasteiger partial charge in [-0.1, -0.05) is 64.5 Å². The van der Waals surface area contributed by atoms with Crippen molar-refractivity contribution in [2.75, 3.05) is 0 Å². The third-order valence-corrected chi connectivity index (χ3v) is 2.78. The predicted molar refractivity (Wildman–Crippen MR) is 68.5 cm³/mol.